The van der Waals surface area contributed by atoms with E-state index in [-0.39, 0.29) is 11.9 Å². The van der Waals surface area contributed by atoms with Crippen LogP contribution in [0.2, 0.25) is 0 Å². The van der Waals surface area contributed by atoms with E-state index >= 15 is 0 Å². The maximum atomic E-state index is 12.9. The standard InChI is InChI=1S/C32H33N3O/c1-4-30(26-8-6-5-7-9-26)34-32(36)19-16-28-15-18-31(29-17-10-23(2)22-24(29)3)35(28)27-13-11-25(12-14-27)20-21-33/h5-15,17-18,22,30H,4,16,19-20H2,1-3H3,(H,34,36). The number of hydrogen-bond acceptors (Lipinski definition) is 2. The van der Waals surface area contributed by atoms with Crippen molar-refractivity contribution in [2.24, 2.45) is 0 Å². The number of hydrogen-bond donors (Lipinski definition) is 1. The Morgan fingerprint density at radius 2 is 1.72 bits per heavy atom. The highest BCUT2D eigenvalue weighted by molar-refractivity contribution is 5.77. The summed E-state index contributed by atoms with van der Waals surface area (Å²) in [7, 11) is 0. The molecular formula is C32H33N3O. The van der Waals surface area contributed by atoms with Crippen LogP contribution in [0.15, 0.2) is 84.9 Å². The molecule has 0 aliphatic carbocycles. The zero-order valence-corrected chi connectivity index (χ0v) is 21.3. The lowest BCUT2D eigenvalue weighted by Crippen LogP contribution is -2.28. The summed E-state index contributed by atoms with van der Waals surface area (Å²) in [5.74, 6) is 0.0517. The van der Waals surface area contributed by atoms with Gasteiger partial charge in [-0.25, -0.2) is 0 Å². The lowest BCUT2D eigenvalue weighted by Gasteiger charge is -2.18. The zero-order chi connectivity index (χ0) is 25.5. The van der Waals surface area contributed by atoms with Crippen LogP contribution < -0.4 is 5.32 Å². The molecule has 1 aromatic heterocycles. The fourth-order valence-electron chi connectivity index (χ4n) is 4.76. The van der Waals surface area contributed by atoms with E-state index < -0.39 is 0 Å². The van der Waals surface area contributed by atoms with Gasteiger partial charge in [-0.15, -0.1) is 0 Å². The Morgan fingerprint density at radius 3 is 2.39 bits per heavy atom. The van der Waals surface area contributed by atoms with E-state index in [1.165, 1.54) is 16.7 Å². The SMILES string of the molecule is CCC(NC(=O)CCc1ccc(-c2ccc(C)cc2C)n1-c1ccc(CC#N)cc1)c1ccccc1. The van der Waals surface area contributed by atoms with Gasteiger partial charge in [0.2, 0.25) is 5.91 Å². The lowest BCUT2D eigenvalue weighted by atomic mass is 10.0. The van der Waals surface area contributed by atoms with Gasteiger partial charge in [0.15, 0.2) is 0 Å². The van der Waals surface area contributed by atoms with Crippen LogP contribution in [-0.2, 0) is 17.6 Å². The van der Waals surface area contributed by atoms with E-state index in [9.17, 15) is 4.79 Å². The molecule has 0 spiro atoms. The van der Waals surface area contributed by atoms with Crippen molar-refractivity contribution in [3.63, 3.8) is 0 Å². The molecule has 1 N–H and O–H groups in total. The molecule has 4 aromatic rings. The predicted octanol–water partition coefficient (Wildman–Crippen LogP) is 7.03. The van der Waals surface area contributed by atoms with Crippen LogP contribution in [0.4, 0.5) is 0 Å². The van der Waals surface area contributed by atoms with Gasteiger partial charge in [0, 0.05) is 23.4 Å². The Bertz CT molecular complexity index is 1360. The van der Waals surface area contributed by atoms with Crippen molar-refractivity contribution in [2.75, 3.05) is 0 Å². The second kappa shape index (κ2) is 11.6. The second-order valence-corrected chi connectivity index (χ2v) is 9.30. The van der Waals surface area contributed by atoms with E-state index in [0.29, 0.717) is 19.3 Å². The first-order valence-corrected chi connectivity index (χ1v) is 12.6. The number of amides is 1. The molecule has 0 saturated heterocycles. The molecule has 4 rings (SSSR count). The summed E-state index contributed by atoms with van der Waals surface area (Å²) in [6, 6.07) is 31.3. The third kappa shape index (κ3) is 5.75. The Hall–Kier alpha value is -4.10. The van der Waals surface area contributed by atoms with E-state index in [1.807, 2.05) is 30.3 Å². The Labute approximate surface area is 214 Å². The average Bonchev–Trinajstić information content (AvgIpc) is 3.31. The van der Waals surface area contributed by atoms with Gasteiger partial charge in [0.1, 0.15) is 0 Å². The molecule has 182 valence electrons. The highest BCUT2D eigenvalue weighted by atomic mass is 16.1. The van der Waals surface area contributed by atoms with Gasteiger partial charge in [-0.3, -0.25) is 4.79 Å². The van der Waals surface area contributed by atoms with Gasteiger partial charge in [-0.1, -0.05) is 73.2 Å². The molecule has 4 heteroatoms. The molecule has 0 radical (unpaired) electrons. The maximum absolute atomic E-state index is 12.9. The van der Waals surface area contributed by atoms with E-state index in [1.54, 1.807) is 0 Å². The van der Waals surface area contributed by atoms with E-state index in [4.69, 9.17) is 5.26 Å². The minimum atomic E-state index is 0.0175. The third-order valence-electron chi connectivity index (χ3n) is 6.65. The molecular weight excluding hydrogens is 442 g/mol. The highest BCUT2D eigenvalue weighted by Crippen LogP contribution is 2.30. The normalized spacial score (nSPS) is 11.6. The Balaban J connectivity index is 1.61. The molecule has 4 nitrogen and oxygen atoms in total. The smallest absolute Gasteiger partial charge is 0.220 e. The first-order chi connectivity index (χ1) is 17.5. The van der Waals surface area contributed by atoms with Crippen LogP contribution in [0.25, 0.3) is 16.9 Å². The predicted molar refractivity (Wildman–Crippen MR) is 146 cm³/mol. The average molecular weight is 476 g/mol. The molecule has 36 heavy (non-hydrogen) atoms. The molecule has 0 fully saturated rings. The van der Waals surface area contributed by atoms with Crippen LogP contribution in [0.5, 0.6) is 0 Å². The molecule has 1 atom stereocenters. The van der Waals surface area contributed by atoms with Crippen molar-refractivity contribution in [1.82, 2.24) is 9.88 Å². The summed E-state index contributed by atoms with van der Waals surface area (Å²) in [6.07, 6.45) is 2.27. The minimum Gasteiger partial charge on any atom is -0.349 e. The van der Waals surface area contributed by atoms with Gasteiger partial charge in [-0.2, -0.15) is 5.26 Å². The van der Waals surface area contributed by atoms with Gasteiger partial charge in [-0.05, 0) is 67.6 Å². The summed E-state index contributed by atoms with van der Waals surface area (Å²) in [6.45, 7) is 6.33. The van der Waals surface area contributed by atoms with Gasteiger partial charge in [0.25, 0.3) is 0 Å². The highest BCUT2D eigenvalue weighted by Gasteiger charge is 2.17. The number of rotatable bonds is 9. The maximum Gasteiger partial charge on any atom is 0.220 e. The number of aromatic nitrogens is 1. The topological polar surface area (TPSA) is 57.8 Å². The van der Waals surface area contributed by atoms with Crippen LogP contribution in [0, 0.1) is 25.2 Å². The summed E-state index contributed by atoms with van der Waals surface area (Å²) in [5, 5.41) is 12.3. The second-order valence-electron chi connectivity index (χ2n) is 9.30. The number of nitrogens with one attached hydrogen (secondary N) is 1. The molecule has 1 heterocycles. The van der Waals surface area contributed by atoms with Gasteiger partial charge < -0.3 is 9.88 Å². The minimum absolute atomic E-state index is 0.0175. The number of nitrogens with zero attached hydrogens (tertiary/aromatic N) is 2. The van der Waals surface area contributed by atoms with Gasteiger partial charge >= 0.3 is 0 Å². The summed E-state index contributed by atoms with van der Waals surface area (Å²) in [5.41, 5.74) is 8.97. The van der Waals surface area contributed by atoms with E-state index in [2.05, 4.69) is 91.3 Å². The summed E-state index contributed by atoms with van der Waals surface area (Å²) < 4.78 is 2.25. The van der Waals surface area contributed by atoms with Crippen LogP contribution in [-0.4, -0.2) is 10.5 Å². The quantitative estimate of drug-likeness (QED) is 0.283. The van der Waals surface area contributed by atoms with Crippen molar-refractivity contribution < 1.29 is 4.79 Å². The number of nitriles is 1. The molecule has 3 aromatic carbocycles. The van der Waals surface area contributed by atoms with Crippen molar-refractivity contribution in [3.8, 4) is 23.0 Å². The zero-order valence-electron chi connectivity index (χ0n) is 21.3. The largest absolute Gasteiger partial charge is 0.349 e. The monoisotopic (exact) mass is 475 g/mol. The summed E-state index contributed by atoms with van der Waals surface area (Å²) >= 11 is 0. The first kappa shape index (κ1) is 25.0. The first-order valence-electron chi connectivity index (χ1n) is 12.6. The molecule has 0 aliphatic rings. The lowest BCUT2D eigenvalue weighted by molar-refractivity contribution is -0.121. The molecule has 0 saturated carbocycles. The fourth-order valence-corrected chi connectivity index (χ4v) is 4.76. The number of benzene rings is 3. The van der Waals surface area contributed by atoms with Crippen LogP contribution in [0.3, 0.4) is 0 Å². The van der Waals surface area contributed by atoms with Gasteiger partial charge in [0.05, 0.1) is 24.2 Å². The van der Waals surface area contributed by atoms with Crippen molar-refractivity contribution >= 4 is 5.91 Å². The molecule has 0 aliphatic heterocycles. The Kier molecular flexibility index (Phi) is 8.02. The number of aryl methyl sites for hydroxylation is 3. The Morgan fingerprint density at radius 1 is 0.972 bits per heavy atom. The third-order valence-corrected chi connectivity index (χ3v) is 6.65. The van der Waals surface area contributed by atoms with Crippen molar-refractivity contribution in [2.45, 2.75) is 52.5 Å². The molecule has 1 amide bonds. The van der Waals surface area contributed by atoms with Crippen LogP contribution >= 0.6 is 0 Å². The van der Waals surface area contributed by atoms with E-state index in [0.717, 1.165) is 34.6 Å². The molecule has 1 unspecified atom stereocenters. The fraction of sp³-hybridized carbons (Fsp3) is 0.250. The number of carbonyl (C=O) groups excluding carboxylic acids is 1. The number of carbonyl (C=O) groups is 1. The molecule has 0 bridgehead atoms. The summed E-state index contributed by atoms with van der Waals surface area (Å²) in [4.78, 5) is 12.9. The van der Waals surface area contributed by atoms with Crippen molar-refractivity contribution in [1.29, 1.82) is 5.26 Å². The van der Waals surface area contributed by atoms with Crippen molar-refractivity contribution in [3.05, 3.63) is 113 Å². The van der Waals surface area contributed by atoms with Crippen LogP contribution in [0.1, 0.15) is 53.8 Å².